The zero-order valence-electron chi connectivity index (χ0n) is 11.1. The molecule has 0 unspecified atom stereocenters. The molecule has 0 aliphatic heterocycles. The van der Waals surface area contributed by atoms with Gasteiger partial charge in [-0.1, -0.05) is 12.1 Å². The molecule has 0 aliphatic carbocycles. The molecule has 0 bridgehead atoms. The molecule has 1 aromatic heterocycles. The number of nitrogens with two attached hydrogens (primary N) is 1. The summed E-state index contributed by atoms with van der Waals surface area (Å²) in [5.41, 5.74) is 3.42. The molecule has 0 saturated carbocycles. The van der Waals surface area contributed by atoms with Crippen LogP contribution in [0.5, 0.6) is 0 Å². The van der Waals surface area contributed by atoms with Crippen LogP contribution < -0.4 is 16.6 Å². The second-order valence-electron chi connectivity index (χ2n) is 4.11. The van der Waals surface area contributed by atoms with Crippen molar-refractivity contribution in [2.75, 3.05) is 17.9 Å². The van der Waals surface area contributed by atoms with Gasteiger partial charge in [0.15, 0.2) is 5.82 Å². The molecule has 0 saturated heterocycles. The van der Waals surface area contributed by atoms with Crippen molar-refractivity contribution in [2.24, 2.45) is 5.84 Å². The summed E-state index contributed by atoms with van der Waals surface area (Å²) in [6, 6.07) is 7.94. The number of rotatable bonds is 6. The van der Waals surface area contributed by atoms with Gasteiger partial charge in [-0.2, -0.15) is 0 Å². The highest BCUT2D eigenvalue weighted by Gasteiger charge is 2.04. The van der Waals surface area contributed by atoms with Gasteiger partial charge in [-0.3, -0.25) is 0 Å². The number of ether oxygens (including phenoxy) is 1. The van der Waals surface area contributed by atoms with E-state index in [1.165, 1.54) is 12.1 Å². The first-order valence-corrected chi connectivity index (χ1v) is 6.03. The second-order valence-corrected chi connectivity index (χ2v) is 4.11. The molecule has 0 aliphatic rings. The number of hydrogen-bond donors (Lipinski definition) is 3. The summed E-state index contributed by atoms with van der Waals surface area (Å²) >= 11 is 0. The molecular weight excluding hydrogens is 261 g/mol. The normalized spacial score (nSPS) is 10.3. The number of benzene rings is 1. The molecule has 0 amide bonds. The average molecular weight is 277 g/mol. The van der Waals surface area contributed by atoms with Crippen molar-refractivity contribution in [1.29, 1.82) is 0 Å². The van der Waals surface area contributed by atoms with Gasteiger partial charge in [-0.25, -0.2) is 20.2 Å². The number of nitrogen functional groups attached to an aromatic ring is 1. The Kier molecular flexibility index (Phi) is 4.80. The number of halogens is 1. The predicted molar refractivity (Wildman–Crippen MR) is 74.3 cm³/mol. The van der Waals surface area contributed by atoms with Crippen LogP contribution >= 0.6 is 0 Å². The average Bonchev–Trinajstić information content (AvgIpc) is 2.47. The Balaban J connectivity index is 2.07. The van der Waals surface area contributed by atoms with Crippen LogP contribution in [0.4, 0.5) is 16.0 Å². The zero-order chi connectivity index (χ0) is 14.4. The van der Waals surface area contributed by atoms with Gasteiger partial charge in [-0.15, -0.1) is 0 Å². The van der Waals surface area contributed by atoms with Gasteiger partial charge in [0.25, 0.3) is 0 Å². The third-order valence-electron chi connectivity index (χ3n) is 2.58. The maximum atomic E-state index is 12.8. The van der Waals surface area contributed by atoms with E-state index in [2.05, 4.69) is 20.7 Å². The monoisotopic (exact) mass is 277 g/mol. The minimum Gasteiger partial charge on any atom is -0.377 e. The maximum absolute atomic E-state index is 12.8. The smallest absolute Gasteiger partial charge is 0.158 e. The van der Waals surface area contributed by atoms with Crippen molar-refractivity contribution < 1.29 is 9.13 Å². The van der Waals surface area contributed by atoms with Crippen LogP contribution in [0.1, 0.15) is 11.4 Å². The maximum Gasteiger partial charge on any atom is 0.158 e. The summed E-state index contributed by atoms with van der Waals surface area (Å²) in [6.07, 6.45) is 0. The first kappa shape index (κ1) is 14.2. The highest BCUT2D eigenvalue weighted by molar-refractivity contribution is 5.47. The third kappa shape index (κ3) is 3.87. The zero-order valence-corrected chi connectivity index (χ0v) is 11.1. The lowest BCUT2D eigenvalue weighted by Crippen LogP contribution is -2.12. The van der Waals surface area contributed by atoms with Crippen molar-refractivity contribution in [3.05, 3.63) is 47.5 Å². The van der Waals surface area contributed by atoms with Gasteiger partial charge in [0.05, 0.1) is 0 Å². The molecule has 1 aromatic carbocycles. The van der Waals surface area contributed by atoms with E-state index in [-0.39, 0.29) is 5.82 Å². The number of methoxy groups -OCH3 is 1. The van der Waals surface area contributed by atoms with Gasteiger partial charge in [0.1, 0.15) is 24.1 Å². The molecule has 20 heavy (non-hydrogen) atoms. The number of hydrazine groups is 1. The fourth-order valence-corrected chi connectivity index (χ4v) is 1.65. The Morgan fingerprint density at radius 2 is 1.90 bits per heavy atom. The van der Waals surface area contributed by atoms with Crippen LogP contribution in [-0.4, -0.2) is 17.1 Å². The van der Waals surface area contributed by atoms with E-state index in [1.807, 2.05) is 0 Å². The Labute approximate surface area is 116 Å². The summed E-state index contributed by atoms with van der Waals surface area (Å²) in [5.74, 6) is 6.73. The summed E-state index contributed by atoms with van der Waals surface area (Å²) in [6.45, 7) is 0.814. The first-order chi connectivity index (χ1) is 9.71. The molecule has 1 heterocycles. The van der Waals surface area contributed by atoms with Gasteiger partial charge < -0.3 is 15.5 Å². The quantitative estimate of drug-likeness (QED) is 0.550. The van der Waals surface area contributed by atoms with Gasteiger partial charge in [0.2, 0.25) is 0 Å². The Morgan fingerprint density at radius 1 is 1.20 bits per heavy atom. The Hall–Kier alpha value is -2.25. The molecule has 0 fully saturated rings. The predicted octanol–water partition coefficient (Wildman–Crippen LogP) is 1.66. The fraction of sp³-hybridized carbons (Fsp3) is 0.231. The first-order valence-electron chi connectivity index (χ1n) is 6.03. The van der Waals surface area contributed by atoms with Gasteiger partial charge in [0, 0.05) is 19.7 Å². The summed E-state index contributed by atoms with van der Waals surface area (Å²) in [4.78, 5) is 8.43. The number of aromatic nitrogens is 2. The summed E-state index contributed by atoms with van der Waals surface area (Å²) in [5, 5.41) is 3.13. The Morgan fingerprint density at radius 3 is 2.55 bits per heavy atom. The largest absolute Gasteiger partial charge is 0.377 e. The third-order valence-corrected chi connectivity index (χ3v) is 2.58. The van der Waals surface area contributed by atoms with Crippen molar-refractivity contribution in [1.82, 2.24) is 9.97 Å². The van der Waals surface area contributed by atoms with Crippen LogP contribution in [0, 0.1) is 5.82 Å². The van der Waals surface area contributed by atoms with E-state index < -0.39 is 0 Å². The SMILES string of the molecule is COCc1nc(NN)cc(NCc2ccc(F)cc2)n1. The molecular formula is C13H16FN5O. The lowest BCUT2D eigenvalue weighted by atomic mass is 10.2. The number of nitrogens with zero attached hydrogens (tertiary/aromatic N) is 2. The number of nitrogens with one attached hydrogen (secondary N) is 2. The van der Waals surface area contributed by atoms with Crippen molar-refractivity contribution >= 4 is 11.6 Å². The fourth-order valence-electron chi connectivity index (χ4n) is 1.65. The van der Waals surface area contributed by atoms with Crippen LogP contribution in [0.25, 0.3) is 0 Å². The van der Waals surface area contributed by atoms with Crippen LogP contribution in [0.2, 0.25) is 0 Å². The number of anilines is 2. The number of hydrogen-bond acceptors (Lipinski definition) is 6. The molecule has 2 aromatic rings. The van der Waals surface area contributed by atoms with E-state index in [0.717, 1.165) is 5.56 Å². The molecule has 4 N–H and O–H groups in total. The molecule has 7 heteroatoms. The van der Waals surface area contributed by atoms with Crippen LogP contribution in [0.3, 0.4) is 0 Å². The van der Waals surface area contributed by atoms with Crippen molar-refractivity contribution in [3.8, 4) is 0 Å². The van der Waals surface area contributed by atoms with Crippen molar-refractivity contribution in [2.45, 2.75) is 13.2 Å². The highest BCUT2D eigenvalue weighted by Crippen LogP contribution is 2.12. The molecule has 0 spiro atoms. The topological polar surface area (TPSA) is 85.1 Å². The van der Waals surface area contributed by atoms with Gasteiger partial charge in [-0.05, 0) is 17.7 Å². The van der Waals surface area contributed by atoms with Crippen LogP contribution in [0.15, 0.2) is 30.3 Å². The minimum atomic E-state index is -0.257. The standard InChI is InChI=1S/C13H16FN5O/c1-20-8-13-17-11(6-12(18-13)19-15)16-7-9-2-4-10(14)5-3-9/h2-6H,7-8,15H2,1H3,(H2,16,17,18,19). The van der Waals surface area contributed by atoms with Crippen LogP contribution in [-0.2, 0) is 17.9 Å². The molecule has 6 nitrogen and oxygen atoms in total. The van der Waals surface area contributed by atoms with E-state index in [9.17, 15) is 4.39 Å². The van der Waals surface area contributed by atoms with Crippen molar-refractivity contribution in [3.63, 3.8) is 0 Å². The van der Waals surface area contributed by atoms with E-state index >= 15 is 0 Å². The van der Waals surface area contributed by atoms with E-state index in [1.54, 1.807) is 25.3 Å². The molecule has 0 atom stereocenters. The second kappa shape index (κ2) is 6.78. The summed E-state index contributed by atoms with van der Waals surface area (Å²) in [7, 11) is 1.57. The van der Waals surface area contributed by atoms with E-state index in [0.29, 0.717) is 30.6 Å². The minimum absolute atomic E-state index is 0.257. The molecule has 2 rings (SSSR count). The molecule has 106 valence electrons. The van der Waals surface area contributed by atoms with E-state index in [4.69, 9.17) is 10.6 Å². The summed E-state index contributed by atoms with van der Waals surface area (Å²) < 4.78 is 17.8. The highest BCUT2D eigenvalue weighted by atomic mass is 19.1. The molecule has 0 radical (unpaired) electrons. The lowest BCUT2D eigenvalue weighted by molar-refractivity contribution is 0.178. The van der Waals surface area contributed by atoms with Gasteiger partial charge >= 0.3 is 0 Å². The Bertz CT molecular complexity index is 561. The lowest BCUT2D eigenvalue weighted by Gasteiger charge is -2.09.